The topological polar surface area (TPSA) is 145 Å². The van der Waals surface area contributed by atoms with Crippen molar-refractivity contribution in [3.8, 4) is 11.8 Å². The minimum absolute atomic E-state index is 0.00458. The average molecular weight is 466 g/mol. The first-order chi connectivity index (χ1) is 16.4. The van der Waals surface area contributed by atoms with Crippen LogP contribution in [0.3, 0.4) is 0 Å². The zero-order valence-corrected chi connectivity index (χ0v) is 19.1. The summed E-state index contributed by atoms with van der Waals surface area (Å²) in [6, 6.07) is 5.15. The molecule has 0 aliphatic carbocycles. The molecule has 1 unspecified atom stereocenters. The SMILES string of the molecule is CC#CCn1c(N2CCCC(N)C2)nc2c1c(=O)n(CC(=O)NNc1ccccn1)c(=O)n2C. The summed E-state index contributed by atoms with van der Waals surface area (Å²) in [5, 5.41) is 0. The number of anilines is 2. The number of aryl methyl sites for hydroxylation is 1. The second-order valence-electron chi connectivity index (χ2n) is 8.07. The van der Waals surface area contributed by atoms with Gasteiger partial charge in [-0.15, -0.1) is 5.92 Å². The molecule has 4 N–H and O–H groups in total. The molecular weight excluding hydrogens is 438 g/mol. The number of amides is 1. The lowest BCUT2D eigenvalue weighted by Gasteiger charge is -2.31. The molecule has 3 aromatic heterocycles. The number of nitrogens with zero attached hydrogens (tertiary/aromatic N) is 6. The van der Waals surface area contributed by atoms with Crippen LogP contribution in [0.5, 0.6) is 0 Å². The van der Waals surface area contributed by atoms with Crippen LogP contribution >= 0.6 is 0 Å². The third-order valence-electron chi connectivity index (χ3n) is 5.66. The van der Waals surface area contributed by atoms with Crippen molar-refractivity contribution < 1.29 is 4.79 Å². The minimum atomic E-state index is -0.640. The summed E-state index contributed by atoms with van der Waals surface area (Å²) in [6.07, 6.45) is 3.38. The molecule has 4 rings (SSSR count). The van der Waals surface area contributed by atoms with Crippen molar-refractivity contribution >= 4 is 28.8 Å². The maximum absolute atomic E-state index is 13.4. The summed E-state index contributed by atoms with van der Waals surface area (Å²) >= 11 is 0. The maximum atomic E-state index is 13.4. The molecule has 3 aromatic rings. The molecule has 12 heteroatoms. The Morgan fingerprint density at radius 2 is 2.12 bits per heavy atom. The number of fused-ring (bicyclic) bond motifs is 1. The number of hydrogen-bond donors (Lipinski definition) is 3. The molecule has 4 heterocycles. The zero-order chi connectivity index (χ0) is 24.2. The molecule has 12 nitrogen and oxygen atoms in total. The Hall–Kier alpha value is -4.11. The lowest BCUT2D eigenvalue weighted by Crippen LogP contribution is -2.45. The lowest BCUT2D eigenvalue weighted by molar-refractivity contribution is -0.121. The standard InChI is InChI=1S/C22H27N9O3/c1-3-4-12-30-18-19(25-21(30)29-11-7-8-15(23)13-29)28(2)22(34)31(20(18)33)14-17(32)27-26-16-9-5-6-10-24-16/h5-6,9-10,15H,7-8,11-14,23H2,1-2H3,(H,24,26)(H,27,32). The molecule has 1 amide bonds. The van der Waals surface area contributed by atoms with Crippen LogP contribution in [-0.2, 0) is 24.9 Å². The Balaban J connectivity index is 1.73. The molecular formula is C22H27N9O3. The second kappa shape index (κ2) is 9.80. The van der Waals surface area contributed by atoms with E-state index in [1.54, 1.807) is 35.9 Å². The monoisotopic (exact) mass is 465 g/mol. The number of nitrogens with two attached hydrogens (primary N) is 1. The van der Waals surface area contributed by atoms with Crippen LogP contribution in [0.25, 0.3) is 11.2 Å². The molecule has 0 bridgehead atoms. The first kappa shape index (κ1) is 23.1. The van der Waals surface area contributed by atoms with Crippen molar-refractivity contribution in [1.29, 1.82) is 0 Å². The molecule has 34 heavy (non-hydrogen) atoms. The number of piperidine rings is 1. The fraction of sp³-hybridized carbons (Fsp3) is 0.409. The predicted octanol–water partition coefficient (Wildman–Crippen LogP) is -0.614. The number of nitrogens with one attached hydrogen (secondary N) is 2. The highest BCUT2D eigenvalue weighted by Crippen LogP contribution is 2.22. The van der Waals surface area contributed by atoms with Crippen molar-refractivity contribution in [1.82, 2.24) is 29.1 Å². The fourth-order valence-electron chi connectivity index (χ4n) is 3.99. The molecule has 1 atom stereocenters. The van der Waals surface area contributed by atoms with Crippen LogP contribution in [0.15, 0.2) is 34.0 Å². The van der Waals surface area contributed by atoms with Crippen LogP contribution in [0.2, 0.25) is 0 Å². The van der Waals surface area contributed by atoms with Gasteiger partial charge in [0.15, 0.2) is 11.2 Å². The summed E-state index contributed by atoms with van der Waals surface area (Å²) in [5.74, 6) is 6.20. The third kappa shape index (κ3) is 4.51. The van der Waals surface area contributed by atoms with Gasteiger partial charge >= 0.3 is 5.69 Å². The molecule has 0 saturated carbocycles. The van der Waals surface area contributed by atoms with Gasteiger partial charge in [0.1, 0.15) is 12.4 Å². The van der Waals surface area contributed by atoms with Gasteiger partial charge in [-0.3, -0.25) is 29.6 Å². The van der Waals surface area contributed by atoms with E-state index in [4.69, 9.17) is 5.73 Å². The van der Waals surface area contributed by atoms with E-state index in [0.717, 1.165) is 24.0 Å². The molecule has 0 radical (unpaired) electrons. The Morgan fingerprint density at radius 1 is 1.29 bits per heavy atom. The number of carbonyl (C=O) groups excluding carboxylic acids is 1. The van der Waals surface area contributed by atoms with E-state index >= 15 is 0 Å². The summed E-state index contributed by atoms with van der Waals surface area (Å²) in [5.41, 5.74) is 10.5. The van der Waals surface area contributed by atoms with Crippen LogP contribution in [0, 0.1) is 11.8 Å². The number of hydrazine groups is 1. The highest BCUT2D eigenvalue weighted by Gasteiger charge is 2.26. The predicted molar refractivity (Wildman–Crippen MR) is 128 cm³/mol. The van der Waals surface area contributed by atoms with Gasteiger partial charge in [-0.1, -0.05) is 12.0 Å². The first-order valence-electron chi connectivity index (χ1n) is 11.0. The molecule has 0 aromatic carbocycles. The van der Waals surface area contributed by atoms with E-state index in [2.05, 4.69) is 32.7 Å². The number of carbonyl (C=O) groups is 1. The largest absolute Gasteiger partial charge is 0.341 e. The van der Waals surface area contributed by atoms with Crippen LogP contribution < -0.4 is 32.7 Å². The van der Waals surface area contributed by atoms with Gasteiger partial charge < -0.3 is 10.6 Å². The number of hydrogen-bond acceptors (Lipinski definition) is 8. The first-order valence-corrected chi connectivity index (χ1v) is 11.0. The van der Waals surface area contributed by atoms with Gasteiger partial charge in [-0.25, -0.2) is 14.3 Å². The minimum Gasteiger partial charge on any atom is -0.341 e. The van der Waals surface area contributed by atoms with Gasteiger partial charge in [0.2, 0.25) is 5.95 Å². The Kier molecular flexibility index (Phi) is 6.65. The summed E-state index contributed by atoms with van der Waals surface area (Å²) in [6.45, 7) is 2.78. The van der Waals surface area contributed by atoms with E-state index in [-0.39, 0.29) is 23.8 Å². The average Bonchev–Trinajstić information content (AvgIpc) is 3.23. The van der Waals surface area contributed by atoms with E-state index in [9.17, 15) is 14.4 Å². The van der Waals surface area contributed by atoms with E-state index < -0.39 is 23.7 Å². The molecule has 0 spiro atoms. The normalized spacial score (nSPS) is 15.6. The summed E-state index contributed by atoms with van der Waals surface area (Å²) < 4.78 is 3.87. The quantitative estimate of drug-likeness (QED) is 0.323. The second-order valence-corrected chi connectivity index (χ2v) is 8.07. The maximum Gasteiger partial charge on any atom is 0.332 e. The van der Waals surface area contributed by atoms with Crippen LogP contribution in [-0.4, -0.2) is 48.7 Å². The van der Waals surface area contributed by atoms with Gasteiger partial charge in [0.25, 0.3) is 11.5 Å². The fourth-order valence-corrected chi connectivity index (χ4v) is 3.99. The molecule has 1 fully saturated rings. The van der Waals surface area contributed by atoms with E-state index in [1.165, 1.54) is 11.6 Å². The van der Waals surface area contributed by atoms with Crippen molar-refractivity contribution in [2.24, 2.45) is 12.8 Å². The molecule has 1 aliphatic rings. The van der Waals surface area contributed by atoms with Gasteiger partial charge in [-0.2, -0.15) is 4.98 Å². The van der Waals surface area contributed by atoms with Crippen molar-refractivity contribution in [2.45, 2.75) is 38.9 Å². The molecule has 178 valence electrons. The van der Waals surface area contributed by atoms with Crippen molar-refractivity contribution in [3.05, 3.63) is 45.2 Å². The Morgan fingerprint density at radius 3 is 2.82 bits per heavy atom. The highest BCUT2D eigenvalue weighted by atomic mass is 16.2. The van der Waals surface area contributed by atoms with Gasteiger partial charge in [0.05, 0.1) is 6.54 Å². The third-order valence-corrected chi connectivity index (χ3v) is 5.66. The van der Waals surface area contributed by atoms with Gasteiger partial charge in [-0.05, 0) is 31.9 Å². The van der Waals surface area contributed by atoms with Gasteiger partial charge in [0, 0.05) is 32.4 Å². The number of imidazole rings is 1. The van der Waals surface area contributed by atoms with Crippen LogP contribution in [0.4, 0.5) is 11.8 Å². The number of pyridine rings is 1. The van der Waals surface area contributed by atoms with Crippen LogP contribution in [0.1, 0.15) is 19.8 Å². The highest BCUT2D eigenvalue weighted by molar-refractivity contribution is 5.78. The molecule has 1 saturated heterocycles. The van der Waals surface area contributed by atoms with E-state index in [1.807, 2.05) is 4.90 Å². The molecule has 1 aliphatic heterocycles. The number of aromatic nitrogens is 5. The summed E-state index contributed by atoms with van der Waals surface area (Å²) in [4.78, 5) is 49.6. The smallest absolute Gasteiger partial charge is 0.332 e. The lowest BCUT2D eigenvalue weighted by atomic mass is 10.1. The summed E-state index contributed by atoms with van der Waals surface area (Å²) in [7, 11) is 1.53. The number of rotatable bonds is 6. The Bertz CT molecular complexity index is 1380. The zero-order valence-electron chi connectivity index (χ0n) is 19.1. The van der Waals surface area contributed by atoms with Crippen molar-refractivity contribution in [3.63, 3.8) is 0 Å². The Labute approximate surface area is 195 Å². The van der Waals surface area contributed by atoms with E-state index in [0.29, 0.717) is 18.3 Å². The van der Waals surface area contributed by atoms with Crippen molar-refractivity contribution in [2.75, 3.05) is 23.4 Å².